The molecule has 0 heterocycles. The molecule has 4 heteroatoms. The zero-order valence-electron chi connectivity index (χ0n) is 10.3. The zero-order chi connectivity index (χ0) is 12.7. The number of phenolic OH excluding ortho intramolecular Hbond substituents is 1. The third-order valence-corrected chi connectivity index (χ3v) is 2.62. The molecule has 0 bridgehead atoms. The highest BCUT2D eigenvalue weighted by molar-refractivity contribution is 5.97. The number of aromatic hydroxyl groups is 1. The number of carbonyl (C=O) groups is 1. The molecular weight excluding hydrogens is 218 g/mol. The number of benzene rings is 1. The van der Waals surface area contributed by atoms with Gasteiger partial charge in [0.05, 0.1) is 13.2 Å². The highest BCUT2D eigenvalue weighted by Gasteiger charge is 2.10. The number of ether oxygens (including phenoxy) is 1. The summed E-state index contributed by atoms with van der Waals surface area (Å²) in [6.45, 7) is 4.57. The average Bonchev–Trinajstić information content (AvgIpc) is 2.35. The largest absolute Gasteiger partial charge is 0.508 e. The Morgan fingerprint density at radius 1 is 1.35 bits per heavy atom. The molecule has 0 atom stereocenters. The third kappa shape index (κ3) is 4.54. The summed E-state index contributed by atoms with van der Waals surface area (Å²) >= 11 is 0. The lowest BCUT2D eigenvalue weighted by atomic mass is 10.1. The first kappa shape index (κ1) is 13.7. The van der Waals surface area contributed by atoms with E-state index in [2.05, 4.69) is 0 Å². The van der Waals surface area contributed by atoms with Crippen LogP contribution in [0.2, 0.25) is 0 Å². The third-order valence-electron chi connectivity index (χ3n) is 2.62. The van der Waals surface area contributed by atoms with Crippen molar-refractivity contribution < 1.29 is 14.6 Å². The van der Waals surface area contributed by atoms with Crippen molar-refractivity contribution in [2.75, 3.05) is 33.4 Å². The summed E-state index contributed by atoms with van der Waals surface area (Å²) in [5, 5.41) is 9.14. The minimum Gasteiger partial charge on any atom is -0.508 e. The lowest BCUT2D eigenvalue weighted by Crippen LogP contribution is -2.32. The summed E-state index contributed by atoms with van der Waals surface area (Å²) in [5.74, 6) is 0.233. The maximum atomic E-state index is 11.9. The fourth-order valence-corrected chi connectivity index (χ4v) is 1.51. The second-order valence-corrected chi connectivity index (χ2v) is 3.83. The van der Waals surface area contributed by atoms with E-state index in [-0.39, 0.29) is 11.5 Å². The van der Waals surface area contributed by atoms with E-state index in [1.165, 1.54) is 12.1 Å². The summed E-state index contributed by atoms with van der Waals surface area (Å²) in [7, 11) is 1.65. The predicted molar refractivity (Wildman–Crippen MR) is 66.4 cm³/mol. The molecule has 0 saturated carbocycles. The minimum atomic E-state index is 0.0583. The molecule has 0 spiro atoms. The molecule has 0 unspecified atom stereocenters. The molecule has 0 radical (unpaired) electrons. The van der Waals surface area contributed by atoms with Gasteiger partial charge in [-0.15, -0.1) is 0 Å². The van der Waals surface area contributed by atoms with Crippen LogP contribution in [0.5, 0.6) is 5.75 Å². The van der Waals surface area contributed by atoms with Crippen LogP contribution in [0.1, 0.15) is 17.3 Å². The van der Waals surface area contributed by atoms with Gasteiger partial charge in [-0.05, 0) is 30.8 Å². The highest BCUT2D eigenvalue weighted by Crippen LogP contribution is 2.10. The van der Waals surface area contributed by atoms with Crippen LogP contribution in [0.3, 0.4) is 0 Å². The average molecular weight is 237 g/mol. The molecule has 1 N–H and O–H groups in total. The summed E-state index contributed by atoms with van der Waals surface area (Å²) in [4.78, 5) is 14.0. The molecule has 0 fully saturated rings. The first-order valence-electron chi connectivity index (χ1n) is 5.71. The van der Waals surface area contributed by atoms with Gasteiger partial charge in [-0.3, -0.25) is 9.69 Å². The van der Waals surface area contributed by atoms with E-state index in [4.69, 9.17) is 9.84 Å². The number of carbonyl (C=O) groups excluding carboxylic acids is 1. The molecular formula is C13H19NO3. The second-order valence-electron chi connectivity index (χ2n) is 3.83. The monoisotopic (exact) mass is 237 g/mol. The Balaban J connectivity index is 2.54. The van der Waals surface area contributed by atoms with Gasteiger partial charge in [0.1, 0.15) is 5.75 Å². The van der Waals surface area contributed by atoms with Crippen LogP contribution in [-0.4, -0.2) is 49.1 Å². The predicted octanol–water partition coefficient (Wildman–Crippen LogP) is 1.54. The Bertz CT molecular complexity index is 348. The maximum absolute atomic E-state index is 11.9. The fraction of sp³-hybridized carbons (Fsp3) is 0.462. The van der Waals surface area contributed by atoms with Crippen molar-refractivity contribution in [2.24, 2.45) is 0 Å². The molecule has 0 aromatic heterocycles. The van der Waals surface area contributed by atoms with Gasteiger partial charge in [0.25, 0.3) is 0 Å². The lowest BCUT2D eigenvalue weighted by Gasteiger charge is -2.18. The standard InChI is InChI=1S/C13H19NO3/c1-3-14(8-9-17-2)10-13(16)11-4-6-12(15)7-5-11/h4-7,15H,3,8-10H2,1-2H3. The Morgan fingerprint density at radius 2 is 2.00 bits per heavy atom. The van der Waals surface area contributed by atoms with Crippen molar-refractivity contribution in [3.05, 3.63) is 29.8 Å². The molecule has 4 nitrogen and oxygen atoms in total. The zero-order valence-corrected chi connectivity index (χ0v) is 10.3. The number of phenols is 1. The first-order chi connectivity index (χ1) is 8.17. The number of rotatable bonds is 7. The number of Topliss-reactive ketones (excluding diaryl/α,β-unsaturated/α-hetero) is 1. The van der Waals surface area contributed by atoms with E-state index < -0.39 is 0 Å². The fourth-order valence-electron chi connectivity index (χ4n) is 1.51. The van der Waals surface area contributed by atoms with Gasteiger partial charge < -0.3 is 9.84 Å². The summed E-state index contributed by atoms with van der Waals surface area (Å²) in [5.41, 5.74) is 0.624. The van der Waals surface area contributed by atoms with Crippen molar-refractivity contribution in [1.82, 2.24) is 4.90 Å². The quantitative estimate of drug-likeness (QED) is 0.731. The summed E-state index contributed by atoms with van der Waals surface area (Å²) < 4.78 is 4.99. The van der Waals surface area contributed by atoms with Gasteiger partial charge in [0.2, 0.25) is 0 Å². The van der Waals surface area contributed by atoms with E-state index >= 15 is 0 Å². The van der Waals surface area contributed by atoms with Crippen LogP contribution in [0.15, 0.2) is 24.3 Å². The molecule has 17 heavy (non-hydrogen) atoms. The molecule has 0 aliphatic heterocycles. The van der Waals surface area contributed by atoms with Crippen molar-refractivity contribution in [1.29, 1.82) is 0 Å². The summed E-state index contributed by atoms with van der Waals surface area (Å²) in [6, 6.07) is 6.33. The topological polar surface area (TPSA) is 49.8 Å². The van der Waals surface area contributed by atoms with Gasteiger partial charge in [-0.1, -0.05) is 6.92 Å². The van der Waals surface area contributed by atoms with Crippen molar-refractivity contribution >= 4 is 5.78 Å². The molecule has 1 rings (SSSR count). The van der Waals surface area contributed by atoms with Gasteiger partial charge in [-0.2, -0.15) is 0 Å². The normalized spacial score (nSPS) is 10.8. The maximum Gasteiger partial charge on any atom is 0.176 e. The van der Waals surface area contributed by atoms with E-state index in [1.807, 2.05) is 11.8 Å². The van der Waals surface area contributed by atoms with Crippen LogP contribution in [0, 0.1) is 0 Å². The number of ketones is 1. The molecule has 1 aromatic rings. The van der Waals surface area contributed by atoms with Crippen LogP contribution in [0.25, 0.3) is 0 Å². The lowest BCUT2D eigenvalue weighted by molar-refractivity contribution is 0.0902. The number of methoxy groups -OCH3 is 1. The van der Waals surface area contributed by atoms with Gasteiger partial charge in [0, 0.05) is 19.2 Å². The van der Waals surface area contributed by atoms with Gasteiger partial charge in [0.15, 0.2) is 5.78 Å². The van der Waals surface area contributed by atoms with E-state index in [1.54, 1.807) is 19.2 Å². The Hall–Kier alpha value is -1.39. The molecule has 94 valence electrons. The van der Waals surface area contributed by atoms with Crippen LogP contribution >= 0.6 is 0 Å². The smallest absolute Gasteiger partial charge is 0.176 e. The number of nitrogens with zero attached hydrogens (tertiary/aromatic N) is 1. The number of hydrogen-bond donors (Lipinski definition) is 1. The Morgan fingerprint density at radius 3 is 2.53 bits per heavy atom. The number of hydrogen-bond acceptors (Lipinski definition) is 4. The second kappa shape index (κ2) is 7.04. The van der Waals surface area contributed by atoms with Crippen molar-refractivity contribution in [2.45, 2.75) is 6.92 Å². The summed E-state index contributed by atoms with van der Waals surface area (Å²) in [6.07, 6.45) is 0. The van der Waals surface area contributed by atoms with Gasteiger partial charge >= 0.3 is 0 Å². The SMILES string of the molecule is CCN(CCOC)CC(=O)c1ccc(O)cc1. The van der Waals surface area contributed by atoms with Crippen LogP contribution in [0.4, 0.5) is 0 Å². The first-order valence-corrected chi connectivity index (χ1v) is 5.71. The van der Waals surface area contributed by atoms with E-state index in [0.717, 1.165) is 13.1 Å². The molecule has 0 amide bonds. The Kier molecular flexibility index (Phi) is 5.66. The van der Waals surface area contributed by atoms with E-state index in [0.29, 0.717) is 18.7 Å². The van der Waals surface area contributed by atoms with Crippen LogP contribution < -0.4 is 0 Å². The van der Waals surface area contributed by atoms with Crippen molar-refractivity contribution in [3.63, 3.8) is 0 Å². The molecule has 0 aliphatic carbocycles. The van der Waals surface area contributed by atoms with Crippen LogP contribution in [-0.2, 0) is 4.74 Å². The molecule has 1 aromatic carbocycles. The molecule has 0 saturated heterocycles. The molecule has 0 aliphatic rings. The van der Waals surface area contributed by atoms with E-state index in [9.17, 15) is 4.79 Å². The minimum absolute atomic E-state index is 0.0583. The van der Waals surface area contributed by atoms with Gasteiger partial charge in [-0.25, -0.2) is 0 Å². The van der Waals surface area contributed by atoms with Crippen molar-refractivity contribution in [3.8, 4) is 5.75 Å². The number of likely N-dealkylation sites (N-methyl/N-ethyl adjacent to an activating group) is 1. The Labute approximate surface area is 102 Å². The highest BCUT2D eigenvalue weighted by atomic mass is 16.5.